The number of aromatic hydroxyl groups is 1. The van der Waals surface area contributed by atoms with Crippen LogP contribution in [0.2, 0.25) is 0 Å². The molecule has 0 unspecified atom stereocenters. The number of hydrogen-bond acceptors (Lipinski definition) is 4. The number of amides is 2. The molecule has 0 aromatic heterocycles. The Morgan fingerprint density at radius 3 is 2.77 bits per heavy atom. The van der Waals surface area contributed by atoms with E-state index in [2.05, 4.69) is 12.2 Å². The number of benzene rings is 2. The molecule has 1 aliphatic carbocycles. The van der Waals surface area contributed by atoms with E-state index in [0.29, 0.717) is 18.2 Å². The molecule has 26 heavy (non-hydrogen) atoms. The monoisotopic (exact) mass is 355 g/mol. The molecule has 6 heteroatoms. The van der Waals surface area contributed by atoms with Gasteiger partial charge >= 0.3 is 6.03 Å². The van der Waals surface area contributed by atoms with Gasteiger partial charge in [-0.25, -0.2) is 10.6 Å². The second-order valence-corrected chi connectivity index (χ2v) is 6.62. The number of rotatable bonds is 6. The van der Waals surface area contributed by atoms with Gasteiger partial charge in [0.2, 0.25) is 0 Å². The highest BCUT2D eigenvalue weighted by Crippen LogP contribution is 2.45. The van der Waals surface area contributed by atoms with Crippen molar-refractivity contribution in [3.05, 3.63) is 53.1 Å². The van der Waals surface area contributed by atoms with Crippen LogP contribution in [0, 0.1) is 0 Å². The number of anilines is 1. The molecule has 1 saturated carbocycles. The molecule has 4 N–H and O–H groups in total. The van der Waals surface area contributed by atoms with Gasteiger partial charge in [0.15, 0.2) is 0 Å². The summed E-state index contributed by atoms with van der Waals surface area (Å²) in [4.78, 5) is 11.9. The smallest absolute Gasteiger partial charge is 0.335 e. The molecule has 6 nitrogen and oxygen atoms in total. The van der Waals surface area contributed by atoms with E-state index in [0.717, 1.165) is 46.7 Å². The number of aryl methyl sites for hydroxylation is 1. The summed E-state index contributed by atoms with van der Waals surface area (Å²) in [6.45, 7) is 2.40. The quantitative estimate of drug-likeness (QED) is 0.418. The van der Waals surface area contributed by atoms with Gasteiger partial charge in [-0.15, -0.1) is 0 Å². The molecule has 1 aliphatic rings. The second-order valence-electron chi connectivity index (χ2n) is 6.62. The number of carbonyl (C=O) groups excluding carboxylic acids is 1. The third-order valence-electron chi connectivity index (χ3n) is 4.60. The number of hydrazine groups is 1. The Morgan fingerprint density at radius 1 is 1.35 bits per heavy atom. The van der Waals surface area contributed by atoms with E-state index in [-0.39, 0.29) is 11.8 Å². The van der Waals surface area contributed by atoms with Gasteiger partial charge in [-0.2, -0.15) is 0 Å². The molecule has 3 rings (SSSR count). The number of hydrogen-bond donors (Lipinski definition) is 3. The number of phenols is 1. The fraction of sp³-hybridized carbons (Fsp3) is 0.350. The normalized spacial score (nSPS) is 13.3. The zero-order valence-corrected chi connectivity index (χ0v) is 15.2. The van der Waals surface area contributed by atoms with E-state index in [1.54, 1.807) is 12.1 Å². The van der Waals surface area contributed by atoms with E-state index in [4.69, 9.17) is 10.6 Å². The van der Waals surface area contributed by atoms with Crippen molar-refractivity contribution in [2.45, 2.75) is 38.7 Å². The molecule has 2 amide bonds. The molecule has 138 valence electrons. The van der Waals surface area contributed by atoms with Crippen molar-refractivity contribution in [1.82, 2.24) is 5.01 Å². The standard InChI is InChI=1S/C20H25N3O3/c1-3-13-5-4-6-18(22-20(25)23(2)21)17(13)12-26-19-10-9-15(24)11-16(19)14-7-8-14/h4-6,9-11,14,24H,3,7-8,12,21H2,1-2H3,(H,22,25). The number of nitrogens with zero attached hydrogens (tertiary/aromatic N) is 1. The predicted molar refractivity (Wildman–Crippen MR) is 101 cm³/mol. The van der Waals surface area contributed by atoms with Gasteiger partial charge in [-0.3, -0.25) is 5.01 Å². The number of nitrogens with one attached hydrogen (secondary N) is 1. The first kappa shape index (κ1) is 18.1. The lowest BCUT2D eigenvalue weighted by Crippen LogP contribution is -2.37. The number of urea groups is 1. The largest absolute Gasteiger partial charge is 0.508 e. The van der Waals surface area contributed by atoms with Crippen molar-refractivity contribution in [1.29, 1.82) is 0 Å². The zero-order chi connectivity index (χ0) is 18.7. The molecule has 1 fully saturated rings. The van der Waals surface area contributed by atoms with Crippen molar-refractivity contribution < 1.29 is 14.6 Å². The summed E-state index contributed by atoms with van der Waals surface area (Å²) in [7, 11) is 1.49. The summed E-state index contributed by atoms with van der Waals surface area (Å²) in [5.74, 6) is 7.01. The SMILES string of the molecule is CCc1cccc(NC(=O)N(C)N)c1COc1ccc(O)cc1C1CC1. The Bertz CT molecular complexity index is 801. The first-order chi connectivity index (χ1) is 12.5. The summed E-state index contributed by atoms with van der Waals surface area (Å²) in [6.07, 6.45) is 3.07. The maximum atomic E-state index is 11.9. The lowest BCUT2D eigenvalue weighted by atomic mass is 10.0. The van der Waals surface area contributed by atoms with Crippen molar-refractivity contribution in [2.24, 2.45) is 5.84 Å². The molecule has 0 heterocycles. The maximum Gasteiger partial charge on any atom is 0.335 e. The van der Waals surface area contributed by atoms with Crippen molar-refractivity contribution >= 4 is 11.7 Å². The van der Waals surface area contributed by atoms with Crippen LogP contribution in [-0.4, -0.2) is 23.2 Å². The average molecular weight is 355 g/mol. The lowest BCUT2D eigenvalue weighted by Gasteiger charge is -2.18. The predicted octanol–water partition coefficient (Wildman–Crippen LogP) is 3.75. The van der Waals surface area contributed by atoms with Crippen LogP contribution in [0.1, 0.15) is 42.4 Å². The molecule has 0 spiro atoms. The number of carbonyl (C=O) groups is 1. The Balaban J connectivity index is 1.84. The molecule has 0 atom stereocenters. The van der Waals surface area contributed by atoms with Crippen LogP contribution in [-0.2, 0) is 13.0 Å². The van der Waals surface area contributed by atoms with Gasteiger partial charge in [0.1, 0.15) is 18.1 Å². The maximum absolute atomic E-state index is 11.9. The van der Waals surface area contributed by atoms with Gasteiger partial charge in [0, 0.05) is 23.9 Å². The van der Waals surface area contributed by atoms with Crippen LogP contribution in [0.25, 0.3) is 0 Å². The molecule has 0 radical (unpaired) electrons. The van der Waals surface area contributed by atoms with Gasteiger partial charge in [-0.05, 0) is 55.0 Å². The van der Waals surface area contributed by atoms with E-state index >= 15 is 0 Å². The van der Waals surface area contributed by atoms with Crippen LogP contribution in [0.4, 0.5) is 10.5 Å². The van der Waals surface area contributed by atoms with E-state index in [1.165, 1.54) is 7.05 Å². The Morgan fingerprint density at radius 2 is 2.12 bits per heavy atom. The number of nitrogens with two attached hydrogens (primary N) is 1. The third-order valence-corrected chi connectivity index (χ3v) is 4.60. The number of ether oxygens (including phenoxy) is 1. The van der Waals surface area contributed by atoms with E-state index in [9.17, 15) is 9.90 Å². The fourth-order valence-electron chi connectivity index (χ4n) is 2.99. The molecule has 2 aromatic carbocycles. The van der Waals surface area contributed by atoms with Crippen LogP contribution < -0.4 is 15.9 Å². The molecule has 2 aromatic rings. The third kappa shape index (κ3) is 4.08. The van der Waals surface area contributed by atoms with Crippen LogP contribution in [0.3, 0.4) is 0 Å². The summed E-state index contributed by atoms with van der Waals surface area (Å²) < 4.78 is 6.10. The van der Waals surface area contributed by atoms with E-state index < -0.39 is 0 Å². The molecule has 0 saturated heterocycles. The van der Waals surface area contributed by atoms with Gasteiger partial charge in [-0.1, -0.05) is 19.1 Å². The fourth-order valence-corrected chi connectivity index (χ4v) is 2.99. The van der Waals surface area contributed by atoms with Crippen molar-refractivity contribution in [2.75, 3.05) is 12.4 Å². The highest BCUT2D eigenvalue weighted by atomic mass is 16.5. The summed E-state index contributed by atoms with van der Waals surface area (Å²) >= 11 is 0. The number of phenolic OH excluding ortho intramolecular Hbond substituents is 1. The second kappa shape index (κ2) is 7.66. The molecule has 0 bridgehead atoms. The van der Waals surface area contributed by atoms with Crippen molar-refractivity contribution in [3.63, 3.8) is 0 Å². The molecular formula is C20H25N3O3. The summed E-state index contributed by atoms with van der Waals surface area (Å²) in [5.41, 5.74) is 3.78. The highest BCUT2D eigenvalue weighted by molar-refractivity contribution is 5.89. The Hall–Kier alpha value is -2.73. The molecule has 0 aliphatic heterocycles. The van der Waals surface area contributed by atoms with Gasteiger partial charge < -0.3 is 15.2 Å². The molecular weight excluding hydrogens is 330 g/mol. The minimum atomic E-state index is -0.386. The average Bonchev–Trinajstić information content (AvgIpc) is 3.46. The highest BCUT2D eigenvalue weighted by Gasteiger charge is 2.27. The van der Waals surface area contributed by atoms with Crippen LogP contribution in [0.5, 0.6) is 11.5 Å². The Labute approximate surface area is 153 Å². The van der Waals surface area contributed by atoms with E-state index in [1.807, 2.05) is 24.3 Å². The zero-order valence-electron chi connectivity index (χ0n) is 15.2. The van der Waals surface area contributed by atoms with Crippen LogP contribution in [0.15, 0.2) is 36.4 Å². The van der Waals surface area contributed by atoms with Crippen molar-refractivity contribution in [3.8, 4) is 11.5 Å². The topological polar surface area (TPSA) is 87.8 Å². The van der Waals surface area contributed by atoms with Gasteiger partial charge in [0.05, 0.1) is 0 Å². The summed E-state index contributed by atoms with van der Waals surface area (Å²) in [5, 5.41) is 13.6. The Kier molecular flexibility index (Phi) is 5.32. The van der Waals surface area contributed by atoms with Gasteiger partial charge in [0.25, 0.3) is 0 Å². The minimum Gasteiger partial charge on any atom is -0.508 e. The lowest BCUT2D eigenvalue weighted by molar-refractivity contribution is 0.223. The van der Waals surface area contributed by atoms with Crippen LogP contribution >= 0.6 is 0 Å². The first-order valence-corrected chi connectivity index (χ1v) is 8.85. The summed E-state index contributed by atoms with van der Waals surface area (Å²) in [6, 6.07) is 10.6. The first-order valence-electron chi connectivity index (χ1n) is 8.85. The minimum absolute atomic E-state index is 0.257.